The molecule has 1 aliphatic heterocycles. The lowest BCUT2D eigenvalue weighted by Gasteiger charge is -2.38. The van der Waals surface area contributed by atoms with E-state index in [0.717, 1.165) is 48.9 Å². The van der Waals surface area contributed by atoms with Gasteiger partial charge >= 0.3 is 11.7 Å². The quantitative estimate of drug-likeness (QED) is 0.376. The number of nitrogens with one attached hydrogen (secondary N) is 1. The van der Waals surface area contributed by atoms with Gasteiger partial charge in [0.25, 0.3) is 0 Å². The van der Waals surface area contributed by atoms with Crippen LogP contribution in [0.5, 0.6) is 0 Å². The van der Waals surface area contributed by atoms with Crippen LogP contribution < -0.4 is 5.69 Å². The lowest BCUT2D eigenvalue weighted by molar-refractivity contribution is -0.146. The molecule has 0 bridgehead atoms. The first-order valence-electron chi connectivity index (χ1n) is 14.4. The van der Waals surface area contributed by atoms with Crippen molar-refractivity contribution in [2.75, 3.05) is 0 Å². The number of aromatic amines is 1. The fourth-order valence-corrected chi connectivity index (χ4v) is 6.59. The predicted octanol–water partition coefficient (Wildman–Crippen LogP) is 4.80. The number of hydrogen-bond donors (Lipinski definition) is 2. The van der Waals surface area contributed by atoms with E-state index in [1.807, 2.05) is 29.1 Å². The zero-order valence-electron chi connectivity index (χ0n) is 23.5. The zero-order valence-corrected chi connectivity index (χ0v) is 23.5. The van der Waals surface area contributed by atoms with E-state index in [1.165, 1.54) is 0 Å². The second kappa shape index (κ2) is 11.7. The standard InChI is InChI=1S/C30H39N7O3/c1-4-5-10-23-18-36(26-24(20(2)3)11-7-12-25(26)28(38)39)29(40)37(23)19-30(13-15-31-16-14-30)22-9-6-8-21(17-22)27-32-34-35-33-27/h6,8-9,13,15-18,20,24-26H,4-5,7,10-12,14,19H2,1-3H3,(H,38,39)(H,32,33,34,35). The normalized spacial score (nSPS) is 24.6. The van der Waals surface area contributed by atoms with Gasteiger partial charge in [0.05, 0.1) is 12.0 Å². The molecule has 0 saturated heterocycles. The van der Waals surface area contributed by atoms with Crippen LogP contribution in [0.3, 0.4) is 0 Å². The Balaban J connectivity index is 1.61. The van der Waals surface area contributed by atoms with E-state index in [2.05, 4.69) is 64.6 Å². The second-order valence-corrected chi connectivity index (χ2v) is 11.6. The summed E-state index contributed by atoms with van der Waals surface area (Å²) in [6.07, 6.45) is 13.5. The second-order valence-electron chi connectivity index (χ2n) is 11.6. The molecule has 1 saturated carbocycles. The van der Waals surface area contributed by atoms with Gasteiger partial charge in [0.1, 0.15) is 0 Å². The van der Waals surface area contributed by atoms with E-state index in [-0.39, 0.29) is 23.6 Å². The molecule has 0 amide bonds. The molecule has 3 aromatic rings. The molecule has 0 radical (unpaired) electrons. The molecule has 3 heterocycles. The van der Waals surface area contributed by atoms with Gasteiger partial charge < -0.3 is 5.11 Å². The smallest absolute Gasteiger partial charge is 0.328 e. The molecule has 4 atom stereocenters. The summed E-state index contributed by atoms with van der Waals surface area (Å²) in [5.74, 6) is -0.473. The van der Waals surface area contributed by atoms with Crippen LogP contribution in [0.15, 0.2) is 52.5 Å². The minimum absolute atomic E-state index is 0.125. The molecule has 10 nitrogen and oxygen atoms in total. The number of carboxylic acids is 1. The van der Waals surface area contributed by atoms with Crippen molar-refractivity contribution < 1.29 is 9.90 Å². The van der Waals surface area contributed by atoms with Crippen molar-refractivity contribution in [3.05, 3.63) is 64.5 Å². The average Bonchev–Trinajstić information content (AvgIpc) is 3.61. The Labute approximate surface area is 234 Å². The number of carbonyl (C=O) groups is 1. The number of allylic oxidation sites excluding steroid dienone is 1. The van der Waals surface area contributed by atoms with Crippen LogP contribution in [0.2, 0.25) is 0 Å². The third-order valence-electron chi connectivity index (χ3n) is 8.79. The fraction of sp³-hybridized carbons (Fsp3) is 0.533. The first-order valence-corrected chi connectivity index (χ1v) is 14.4. The summed E-state index contributed by atoms with van der Waals surface area (Å²) in [5.41, 5.74) is 2.17. The maximum atomic E-state index is 14.3. The van der Waals surface area contributed by atoms with Crippen molar-refractivity contribution in [2.45, 2.75) is 83.7 Å². The molecule has 4 unspecified atom stereocenters. The van der Waals surface area contributed by atoms with Gasteiger partial charge in [0.15, 0.2) is 0 Å². The fourth-order valence-electron chi connectivity index (χ4n) is 6.59. The molecule has 2 aromatic heterocycles. The number of aryl methyl sites for hydroxylation is 1. The van der Waals surface area contributed by atoms with E-state index < -0.39 is 17.3 Å². The Morgan fingerprint density at radius 1 is 1.27 bits per heavy atom. The maximum Gasteiger partial charge on any atom is 0.328 e. The number of imidazole rings is 1. The molecule has 212 valence electrons. The monoisotopic (exact) mass is 545 g/mol. The van der Waals surface area contributed by atoms with Gasteiger partial charge in [-0.2, -0.15) is 5.21 Å². The maximum absolute atomic E-state index is 14.3. The third kappa shape index (κ3) is 5.31. The topological polar surface area (TPSA) is 131 Å². The van der Waals surface area contributed by atoms with Crippen LogP contribution in [0.1, 0.15) is 76.6 Å². The minimum atomic E-state index is -0.814. The molecule has 1 aromatic carbocycles. The van der Waals surface area contributed by atoms with Crippen molar-refractivity contribution in [3.8, 4) is 11.4 Å². The zero-order chi connectivity index (χ0) is 28.3. The molecule has 1 aliphatic carbocycles. The number of aromatic nitrogens is 6. The summed E-state index contributed by atoms with van der Waals surface area (Å²) in [7, 11) is 0. The van der Waals surface area contributed by atoms with Crippen LogP contribution >= 0.6 is 0 Å². The highest BCUT2D eigenvalue weighted by Crippen LogP contribution is 2.42. The van der Waals surface area contributed by atoms with E-state index in [4.69, 9.17) is 0 Å². The number of tetrazole rings is 1. The van der Waals surface area contributed by atoms with Gasteiger partial charge in [-0.05, 0) is 60.8 Å². The number of H-pyrrole nitrogens is 1. The molecule has 0 spiro atoms. The summed E-state index contributed by atoms with van der Waals surface area (Å²) >= 11 is 0. The first kappa shape index (κ1) is 27.7. The number of aliphatic carboxylic acids is 1. The number of benzene rings is 1. The highest BCUT2D eigenvalue weighted by atomic mass is 16.4. The van der Waals surface area contributed by atoms with E-state index in [9.17, 15) is 14.7 Å². The molecule has 1 fully saturated rings. The molecule has 2 aliphatic rings. The Morgan fingerprint density at radius 2 is 2.12 bits per heavy atom. The summed E-state index contributed by atoms with van der Waals surface area (Å²) in [6.45, 7) is 6.84. The third-order valence-corrected chi connectivity index (χ3v) is 8.79. The number of nitrogens with zero attached hydrogens (tertiary/aromatic N) is 6. The lowest BCUT2D eigenvalue weighted by atomic mass is 9.72. The highest BCUT2D eigenvalue weighted by molar-refractivity contribution is 5.71. The van der Waals surface area contributed by atoms with Crippen molar-refractivity contribution in [3.63, 3.8) is 0 Å². The first-order chi connectivity index (χ1) is 19.3. The molecule has 40 heavy (non-hydrogen) atoms. The largest absolute Gasteiger partial charge is 0.481 e. The summed E-state index contributed by atoms with van der Waals surface area (Å²) in [5, 5.41) is 24.7. The SMILES string of the molecule is CCCCc1cn(C2C(C(=O)O)CCCC2C(C)C)c(=O)n1CC1(c2cccc(-c3nn[nH]n3)c2)C=CN=CC1. The summed E-state index contributed by atoms with van der Waals surface area (Å²) < 4.78 is 3.67. The van der Waals surface area contributed by atoms with Crippen LogP contribution in [-0.4, -0.2) is 47.0 Å². The number of aliphatic imine (C=N–C) groups is 1. The molecule has 2 N–H and O–H groups in total. The minimum Gasteiger partial charge on any atom is -0.481 e. The van der Waals surface area contributed by atoms with Gasteiger partial charge in [0.2, 0.25) is 5.82 Å². The molecule has 10 heteroatoms. The number of hydrogen-bond acceptors (Lipinski definition) is 6. The number of carboxylic acid groups (broad SMARTS) is 1. The molecule has 5 rings (SSSR count). The van der Waals surface area contributed by atoms with E-state index in [1.54, 1.807) is 10.8 Å². The van der Waals surface area contributed by atoms with Gasteiger partial charge in [0, 0.05) is 41.8 Å². The van der Waals surface area contributed by atoms with Crippen LogP contribution in [0.25, 0.3) is 11.4 Å². The van der Waals surface area contributed by atoms with Gasteiger partial charge in [-0.1, -0.05) is 57.9 Å². The van der Waals surface area contributed by atoms with Gasteiger partial charge in [-0.15, -0.1) is 10.2 Å². The van der Waals surface area contributed by atoms with Gasteiger partial charge in [-0.25, -0.2) is 4.79 Å². The Bertz CT molecular complexity index is 1440. The number of unbranched alkanes of at least 4 members (excludes halogenated alkanes) is 1. The van der Waals surface area contributed by atoms with Crippen molar-refractivity contribution in [2.24, 2.45) is 22.7 Å². The summed E-state index contributed by atoms with van der Waals surface area (Å²) in [6, 6.07) is 7.68. The Hall–Kier alpha value is -3.82. The van der Waals surface area contributed by atoms with Crippen molar-refractivity contribution in [1.82, 2.24) is 29.8 Å². The van der Waals surface area contributed by atoms with E-state index >= 15 is 0 Å². The Morgan fingerprint density at radius 3 is 2.80 bits per heavy atom. The predicted molar refractivity (Wildman–Crippen MR) is 153 cm³/mol. The van der Waals surface area contributed by atoms with Crippen molar-refractivity contribution in [1.29, 1.82) is 0 Å². The summed E-state index contributed by atoms with van der Waals surface area (Å²) in [4.78, 5) is 31.1. The highest BCUT2D eigenvalue weighted by Gasteiger charge is 2.42. The van der Waals surface area contributed by atoms with Crippen molar-refractivity contribution >= 4 is 12.2 Å². The molecular weight excluding hydrogens is 506 g/mol. The van der Waals surface area contributed by atoms with Crippen LogP contribution in [0.4, 0.5) is 0 Å². The Kier molecular flexibility index (Phi) is 8.14. The lowest BCUT2D eigenvalue weighted by Crippen LogP contribution is -2.43. The van der Waals surface area contributed by atoms with Crippen LogP contribution in [-0.2, 0) is 23.2 Å². The van der Waals surface area contributed by atoms with Crippen LogP contribution in [0, 0.1) is 17.8 Å². The molecular formula is C30H39N7O3. The van der Waals surface area contributed by atoms with E-state index in [0.29, 0.717) is 25.2 Å². The average molecular weight is 546 g/mol. The van der Waals surface area contributed by atoms with Gasteiger partial charge in [-0.3, -0.25) is 18.9 Å². The number of rotatable bonds is 10.